The Hall–Kier alpha value is -1.30. The number of likely N-dealkylation sites (N-methyl/N-ethyl adjacent to an activating group) is 1. The summed E-state index contributed by atoms with van der Waals surface area (Å²) in [5.74, 6) is -0.813. The third-order valence-electron chi connectivity index (χ3n) is 3.51. The van der Waals surface area contributed by atoms with E-state index in [1.165, 1.54) is 4.90 Å². The molecule has 6 heteroatoms. The van der Waals surface area contributed by atoms with Crippen molar-refractivity contribution in [1.82, 2.24) is 10.2 Å². The third kappa shape index (κ3) is 5.92. The highest BCUT2D eigenvalue weighted by Gasteiger charge is 2.33. The number of amides is 2. The summed E-state index contributed by atoms with van der Waals surface area (Å²) in [6, 6.07) is -0.212. The molecule has 3 N–H and O–H groups in total. The van der Waals surface area contributed by atoms with E-state index in [4.69, 9.17) is 5.11 Å². The van der Waals surface area contributed by atoms with Crippen LogP contribution in [-0.4, -0.2) is 52.9 Å². The molecule has 0 aliphatic heterocycles. The summed E-state index contributed by atoms with van der Waals surface area (Å²) < 4.78 is 0. The van der Waals surface area contributed by atoms with E-state index in [9.17, 15) is 14.7 Å². The normalized spacial score (nSPS) is 17.2. The van der Waals surface area contributed by atoms with E-state index in [-0.39, 0.29) is 12.5 Å². The fourth-order valence-corrected chi connectivity index (χ4v) is 2.44. The van der Waals surface area contributed by atoms with Gasteiger partial charge in [-0.05, 0) is 25.7 Å². The van der Waals surface area contributed by atoms with Crippen LogP contribution in [0.3, 0.4) is 0 Å². The molecule has 0 atom stereocenters. The van der Waals surface area contributed by atoms with E-state index < -0.39 is 11.6 Å². The first-order chi connectivity index (χ1) is 8.93. The van der Waals surface area contributed by atoms with Gasteiger partial charge in [0.25, 0.3) is 0 Å². The number of aliphatic hydroxyl groups is 1. The van der Waals surface area contributed by atoms with Gasteiger partial charge in [-0.2, -0.15) is 0 Å². The molecule has 0 aromatic rings. The van der Waals surface area contributed by atoms with Gasteiger partial charge in [0, 0.05) is 20.0 Å². The number of aliphatic carboxylic acids is 1. The van der Waals surface area contributed by atoms with Crippen molar-refractivity contribution >= 4 is 12.0 Å². The van der Waals surface area contributed by atoms with Crippen LogP contribution in [0.1, 0.15) is 44.9 Å². The fourth-order valence-electron chi connectivity index (χ4n) is 2.44. The number of nitrogens with one attached hydrogen (secondary N) is 1. The van der Waals surface area contributed by atoms with E-state index in [0.29, 0.717) is 25.9 Å². The second-order valence-corrected chi connectivity index (χ2v) is 5.37. The molecule has 0 heterocycles. The van der Waals surface area contributed by atoms with E-state index >= 15 is 0 Å². The minimum Gasteiger partial charge on any atom is -0.481 e. The lowest BCUT2D eigenvalue weighted by Gasteiger charge is -2.28. The molecule has 19 heavy (non-hydrogen) atoms. The molecular weight excluding hydrogens is 248 g/mol. The zero-order chi connectivity index (χ0) is 14.3. The molecule has 1 aliphatic rings. The molecule has 0 aromatic carbocycles. The molecule has 0 unspecified atom stereocenters. The number of rotatable bonds is 7. The number of carboxylic acids is 1. The SMILES string of the molecule is CN(CC1(O)CCCC1)C(=O)NCCCCC(=O)O. The molecule has 0 bridgehead atoms. The molecule has 0 spiro atoms. The molecule has 1 saturated carbocycles. The molecule has 1 aliphatic carbocycles. The third-order valence-corrected chi connectivity index (χ3v) is 3.51. The number of carboxylic acid groups (broad SMARTS) is 1. The highest BCUT2D eigenvalue weighted by molar-refractivity contribution is 5.73. The standard InChI is InChI=1S/C13H24N2O4/c1-15(10-13(19)7-3-4-8-13)12(18)14-9-5-2-6-11(16)17/h19H,2-10H2,1H3,(H,14,18)(H,16,17). The molecule has 1 rings (SSSR count). The first-order valence-corrected chi connectivity index (χ1v) is 6.86. The molecule has 6 nitrogen and oxygen atoms in total. The van der Waals surface area contributed by atoms with Gasteiger partial charge in [-0.1, -0.05) is 12.8 Å². The molecule has 2 amide bonds. The summed E-state index contributed by atoms with van der Waals surface area (Å²) in [6.07, 6.45) is 4.87. The Morgan fingerprint density at radius 1 is 1.26 bits per heavy atom. The van der Waals surface area contributed by atoms with Gasteiger partial charge in [-0.25, -0.2) is 4.79 Å². The summed E-state index contributed by atoms with van der Waals surface area (Å²) in [6.45, 7) is 0.822. The zero-order valence-corrected chi connectivity index (χ0v) is 11.5. The average molecular weight is 272 g/mol. The Morgan fingerprint density at radius 3 is 2.47 bits per heavy atom. The highest BCUT2D eigenvalue weighted by Crippen LogP contribution is 2.29. The minimum atomic E-state index is -0.813. The molecule has 110 valence electrons. The summed E-state index contributed by atoms with van der Waals surface area (Å²) in [4.78, 5) is 23.6. The quantitative estimate of drug-likeness (QED) is 0.607. The summed E-state index contributed by atoms with van der Waals surface area (Å²) in [5, 5.41) is 21.4. The van der Waals surface area contributed by atoms with Crippen LogP contribution < -0.4 is 5.32 Å². The Bertz CT molecular complexity index is 314. The molecule has 0 saturated heterocycles. The van der Waals surface area contributed by atoms with Crippen molar-refractivity contribution in [2.45, 2.75) is 50.5 Å². The van der Waals surface area contributed by atoms with E-state index in [1.807, 2.05) is 0 Å². The molecule has 0 radical (unpaired) electrons. The Labute approximate surface area is 113 Å². The maximum Gasteiger partial charge on any atom is 0.317 e. The van der Waals surface area contributed by atoms with Gasteiger partial charge in [-0.15, -0.1) is 0 Å². The zero-order valence-electron chi connectivity index (χ0n) is 11.5. The highest BCUT2D eigenvalue weighted by atomic mass is 16.4. The van der Waals surface area contributed by atoms with Crippen molar-refractivity contribution in [3.8, 4) is 0 Å². The van der Waals surface area contributed by atoms with Gasteiger partial charge < -0.3 is 20.4 Å². The topological polar surface area (TPSA) is 89.9 Å². The van der Waals surface area contributed by atoms with Crippen LogP contribution in [-0.2, 0) is 4.79 Å². The van der Waals surface area contributed by atoms with Crippen LogP contribution in [0, 0.1) is 0 Å². The minimum absolute atomic E-state index is 0.130. The predicted octanol–water partition coefficient (Wildman–Crippen LogP) is 1.19. The monoisotopic (exact) mass is 272 g/mol. The van der Waals surface area contributed by atoms with E-state index in [0.717, 1.165) is 25.7 Å². The van der Waals surface area contributed by atoms with Gasteiger partial charge in [0.2, 0.25) is 0 Å². The lowest BCUT2D eigenvalue weighted by molar-refractivity contribution is -0.137. The fraction of sp³-hybridized carbons (Fsp3) is 0.846. The van der Waals surface area contributed by atoms with Crippen LogP contribution in [0.15, 0.2) is 0 Å². The van der Waals surface area contributed by atoms with Crippen LogP contribution in [0.2, 0.25) is 0 Å². The maximum atomic E-state index is 11.8. The number of nitrogens with zero attached hydrogens (tertiary/aromatic N) is 1. The Kier molecular flexibility index (Phi) is 6.08. The largest absolute Gasteiger partial charge is 0.481 e. The number of carbonyl (C=O) groups is 2. The van der Waals surface area contributed by atoms with Crippen molar-refractivity contribution in [2.75, 3.05) is 20.1 Å². The Morgan fingerprint density at radius 2 is 1.89 bits per heavy atom. The van der Waals surface area contributed by atoms with Crippen LogP contribution in [0.5, 0.6) is 0 Å². The van der Waals surface area contributed by atoms with Crippen LogP contribution >= 0.6 is 0 Å². The van der Waals surface area contributed by atoms with Crippen molar-refractivity contribution < 1.29 is 19.8 Å². The van der Waals surface area contributed by atoms with Crippen molar-refractivity contribution in [3.05, 3.63) is 0 Å². The van der Waals surface area contributed by atoms with Crippen LogP contribution in [0.4, 0.5) is 4.79 Å². The second-order valence-electron chi connectivity index (χ2n) is 5.37. The van der Waals surface area contributed by atoms with Gasteiger partial charge in [0.05, 0.1) is 12.1 Å². The van der Waals surface area contributed by atoms with Crippen LogP contribution in [0.25, 0.3) is 0 Å². The van der Waals surface area contributed by atoms with Gasteiger partial charge in [-0.3, -0.25) is 4.79 Å². The Balaban J connectivity index is 2.16. The average Bonchev–Trinajstić information content (AvgIpc) is 2.74. The van der Waals surface area contributed by atoms with Crippen molar-refractivity contribution in [1.29, 1.82) is 0 Å². The lowest BCUT2D eigenvalue weighted by Crippen LogP contribution is -2.46. The summed E-state index contributed by atoms with van der Waals surface area (Å²) in [5.41, 5.74) is -0.727. The van der Waals surface area contributed by atoms with Crippen molar-refractivity contribution in [3.63, 3.8) is 0 Å². The number of hydrogen-bond acceptors (Lipinski definition) is 3. The molecule has 0 aromatic heterocycles. The number of unbranched alkanes of at least 4 members (excludes halogenated alkanes) is 1. The summed E-state index contributed by atoms with van der Waals surface area (Å²) in [7, 11) is 1.67. The summed E-state index contributed by atoms with van der Waals surface area (Å²) >= 11 is 0. The van der Waals surface area contributed by atoms with Gasteiger partial charge in [0.1, 0.15) is 0 Å². The lowest BCUT2D eigenvalue weighted by atomic mass is 10.0. The second kappa shape index (κ2) is 7.33. The van der Waals surface area contributed by atoms with E-state index in [2.05, 4.69) is 5.32 Å². The number of urea groups is 1. The van der Waals surface area contributed by atoms with Crippen molar-refractivity contribution in [2.24, 2.45) is 0 Å². The smallest absolute Gasteiger partial charge is 0.317 e. The number of hydrogen-bond donors (Lipinski definition) is 3. The maximum absolute atomic E-state index is 11.8. The molecular formula is C13H24N2O4. The molecule has 1 fully saturated rings. The predicted molar refractivity (Wildman–Crippen MR) is 70.9 cm³/mol. The van der Waals surface area contributed by atoms with Gasteiger partial charge in [0.15, 0.2) is 0 Å². The number of carbonyl (C=O) groups excluding carboxylic acids is 1. The first-order valence-electron chi connectivity index (χ1n) is 6.86. The van der Waals surface area contributed by atoms with Gasteiger partial charge >= 0.3 is 12.0 Å². The van der Waals surface area contributed by atoms with E-state index in [1.54, 1.807) is 7.05 Å². The first kappa shape index (κ1) is 15.8.